The number of ether oxygens (including phenoxy) is 1. The van der Waals surface area contributed by atoms with Crippen LogP contribution in [0, 0.1) is 0 Å². The van der Waals surface area contributed by atoms with Crippen molar-refractivity contribution in [1.82, 2.24) is 0 Å². The van der Waals surface area contributed by atoms with Crippen LogP contribution in [0.25, 0.3) is 0 Å². The first-order chi connectivity index (χ1) is 8.54. The molecular weight excluding hydrogens is 240 g/mol. The molecule has 0 aromatic heterocycles. The highest BCUT2D eigenvalue weighted by Gasteiger charge is 2.12. The van der Waals surface area contributed by atoms with Gasteiger partial charge in [0.2, 0.25) is 0 Å². The Hall–Kier alpha value is -0.470. The van der Waals surface area contributed by atoms with Crippen LogP contribution in [0.1, 0.15) is 45.6 Å². The lowest BCUT2D eigenvalue weighted by Crippen LogP contribution is -2.10. The highest BCUT2D eigenvalue weighted by molar-refractivity contribution is 7.99. The first-order valence-electron chi connectivity index (χ1n) is 6.76. The van der Waals surface area contributed by atoms with Crippen molar-refractivity contribution >= 4 is 11.8 Å². The lowest BCUT2D eigenvalue weighted by Gasteiger charge is -2.19. The van der Waals surface area contributed by atoms with Crippen LogP contribution in [0.4, 0.5) is 0 Å². The third kappa shape index (κ3) is 5.92. The topological polar surface area (TPSA) is 9.23 Å². The van der Waals surface area contributed by atoms with Gasteiger partial charge >= 0.3 is 0 Å². The van der Waals surface area contributed by atoms with Crippen LogP contribution >= 0.6 is 11.8 Å². The van der Waals surface area contributed by atoms with E-state index in [2.05, 4.69) is 45.0 Å². The van der Waals surface area contributed by atoms with Gasteiger partial charge in [-0.05, 0) is 41.7 Å². The summed E-state index contributed by atoms with van der Waals surface area (Å²) in [6.45, 7) is 7.66. The van der Waals surface area contributed by atoms with Crippen LogP contribution in [0.15, 0.2) is 29.2 Å². The van der Waals surface area contributed by atoms with Crippen LogP contribution in [0.2, 0.25) is 0 Å². The summed E-state index contributed by atoms with van der Waals surface area (Å²) in [6, 6.07) is 9.02. The number of hydrogen-bond donors (Lipinski definition) is 0. The van der Waals surface area contributed by atoms with Crippen LogP contribution < -0.4 is 0 Å². The number of benzene rings is 1. The van der Waals surface area contributed by atoms with E-state index in [1.165, 1.54) is 35.5 Å². The molecular formula is C16H26OS. The van der Waals surface area contributed by atoms with Crippen molar-refractivity contribution < 1.29 is 4.74 Å². The second-order valence-corrected chi connectivity index (χ2v) is 6.84. The second-order valence-electron chi connectivity index (χ2n) is 5.68. The van der Waals surface area contributed by atoms with Crippen molar-refractivity contribution in [2.24, 2.45) is 0 Å². The van der Waals surface area contributed by atoms with Crippen molar-refractivity contribution in [3.05, 3.63) is 29.8 Å². The molecule has 0 bridgehead atoms. The minimum absolute atomic E-state index is 0.253. The maximum Gasteiger partial charge on any atom is 0.0462 e. The summed E-state index contributed by atoms with van der Waals surface area (Å²) in [6.07, 6.45) is 3.72. The first kappa shape index (κ1) is 15.6. The predicted molar refractivity (Wildman–Crippen MR) is 81.6 cm³/mol. The molecule has 0 atom stereocenters. The van der Waals surface area contributed by atoms with Gasteiger partial charge in [0.1, 0.15) is 0 Å². The summed E-state index contributed by atoms with van der Waals surface area (Å²) in [5.74, 6) is 1.21. The van der Waals surface area contributed by atoms with Gasteiger partial charge in [0.25, 0.3) is 0 Å². The number of hydrogen-bond acceptors (Lipinski definition) is 2. The molecule has 0 spiro atoms. The van der Waals surface area contributed by atoms with Crippen molar-refractivity contribution in [2.45, 2.75) is 50.3 Å². The van der Waals surface area contributed by atoms with Crippen LogP contribution in [0.3, 0.4) is 0 Å². The van der Waals surface area contributed by atoms with E-state index in [4.69, 9.17) is 4.74 Å². The zero-order valence-electron chi connectivity index (χ0n) is 12.2. The molecule has 0 aliphatic carbocycles. The van der Waals surface area contributed by atoms with Crippen molar-refractivity contribution in [3.8, 4) is 0 Å². The second kappa shape index (κ2) is 7.85. The smallest absolute Gasteiger partial charge is 0.0462 e. The van der Waals surface area contributed by atoms with Crippen molar-refractivity contribution in [1.29, 1.82) is 0 Å². The number of thioether (sulfide) groups is 1. The summed E-state index contributed by atoms with van der Waals surface area (Å²) in [4.78, 5) is 1.38. The molecule has 0 radical (unpaired) electrons. The molecule has 102 valence electrons. The van der Waals surface area contributed by atoms with E-state index in [0.717, 1.165) is 6.61 Å². The van der Waals surface area contributed by atoms with E-state index < -0.39 is 0 Å². The van der Waals surface area contributed by atoms with Gasteiger partial charge in [-0.15, -0.1) is 11.8 Å². The van der Waals surface area contributed by atoms with Gasteiger partial charge in [0, 0.05) is 18.6 Å². The molecule has 0 saturated carbocycles. The van der Waals surface area contributed by atoms with E-state index in [1.807, 2.05) is 11.8 Å². The summed E-state index contributed by atoms with van der Waals surface area (Å²) < 4.78 is 5.04. The minimum Gasteiger partial charge on any atom is -0.385 e. The van der Waals surface area contributed by atoms with Crippen LogP contribution in [-0.2, 0) is 10.2 Å². The molecule has 1 nitrogen and oxygen atoms in total. The monoisotopic (exact) mass is 266 g/mol. The van der Waals surface area contributed by atoms with E-state index in [-0.39, 0.29) is 5.41 Å². The zero-order valence-corrected chi connectivity index (χ0v) is 13.0. The Morgan fingerprint density at radius 1 is 1.00 bits per heavy atom. The van der Waals surface area contributed by atoms with E-state index in [0.29, 0.717) is 0 Å². The molecule has 0 aliphatic rings. The van der Waals surface area contributed by atoms with Gasteiger partial charge < -0.3 is 4.74 Å². The summed E-state index contributed by atoms with van der Waals surface area (Å²) in [5.41, 5.74) is 1.66. The highest BCUT2D eigenvalue weighted by Crippen LogP contribution is 2.26. The third-order valence-corrected chi connectivity index (χ3v) is 4.08. The Morgan fingerprint density at radius 2 is 1.67 bits per heavy atom. The third-order valence-electron chi connectivity index (χ3n) is 2.98. The Bertz CT molecular complexity index is 324. The first-order valence-corrected chi connectivity index (χ1v) is 7.75. The molecule has 18 heavy (non-hydrogen) atoms. The van der Waals surface area contributed by atoms with Crippen molar-refractivity contribution in [2.75, 3.05) is 19.5 Å². The van der Waals surface area contributed by atoms with E-state index in [9.17, 15) is 0 Å². The van der Waals surface area contributed by atoms with Crippen LogP contribution in [0.5, 0.6) is 0 Å². The summed E-state index contributed by atoms with van der Waals surface area (Å²) in [5, 5.41) is 0. The molecule has 0 amide bonds. The van der Waals surface area contributed by atoms with Gasteiger partial charge in [-0.1, -0.05) is 39.3 Å². The zero-order chi connectivity index (χ0) is 13.4. The fraction of sp³-hybridized carbons (Fsp3) is 0.625. The van der Waals surface area contributed by atoms with Gasteiger partial charge in [-0.25, -0.2) is 0 Å². The number of unbranched alkanes of at least 4 members (excludes halogenated alkanes) is 2. The molecule has 1 aromatic carbocycles. The highest BCUT2D eigenvalue weighted by atomic mass is 32.2. The van der Waals surface area contributed by atoms with Gasteiger partial charge in [0.15, 0.2) is 0 Å². The summed E-state index contributed by atoms with van der Waals surface area (Å²) >= 11 is 1.96. The maximum absolute atomic E-state index is 5.04. The molecule has 0 aliphatic heterocycles. The molecule has 0 saturated heterocycles. The number of methoxy groups -OCH3 is 1. The van der Waals surface area contributed by atoms with Gasteiger partial charge in [0.05, 0.1) is 0 Å². The molecule has 0 unspecified atom stereocenters. The van der Waals surface area contributed by atoms with E-state index in [1.54, 1.807) is 7.11 Å². The van der Waals surface area contributed by atoms with Gasteiger partial charge in [-0.2, -0.15) is 0 Å². The molecule has 2 heteroatoms. The standard InChI is InChI=1S/C16H26OS/c1-16(2,3)14-8-10-15(11-9-14)18-13-7-5-6-12-17-4/h8-11H,5-7,12-13H2,1-4H3. The van der Waals surface area contributed by atoms with Gasteiger partial charge in [-0.3, -0.25) is 0 Å². The summed E-state index contributed by atoms with van der Waals surface area (Å²) in [7, 11) is 1.77. The Labute approximate surface area is 116 Å². The Balaban J connectivity index is 2.27. The lowest BCUT2D eigenvalue weighted by atomic mass is 9.87. The molecule has 0 N–H and O–H groups in total. The SMILES string of the molecule is COCCCCCSc1ccc(C(C)(C)C)cc1. The number of rotatable bonds is 7. The molecule has 0 fully saturated rings. The average Bonchev–Trinajstić information content (AvgIpc) is 2.33. The molecule has 0 heterocycles. The Kier molecular flexibility index (Phi) is 6.80. The predicted octanol–water partition coefficient (Wildman–Crippen LogP) is 4.89. The average molecular weight is 266 g/mol. The largest absolute Gasteiger partial charge is 0.385 e. The Morgan fingerprint density at radius 3 is 2.22 bits per heavy atom. The fourth-order valence-electron chi connectivity index (χ4n) is 1.77. The fourth-order valence-corrected chi connectivity index (χ4v) is 2.68. The quantitative estimate of drug-likeness (QED) is 0.513. The molecule has 1 aromatic rings. The normalized spacial score (nSPS) is 11.8. The molecule has 1 rings (SSSR count). The van der Waals surface area contributed by atoms with Crippen molar-refractivity contribution in [3.63, 3.8) is 0 Å². The maximum atomic E-state index is 5.04. The van der Waals surface area contributed by atoms with E-state index >= 15 is 0 Å². The minimum atomic E-state index is 0.253. The lowest BCUT2D eigenvalue weighted by molar-refractivity contribution is 0.192. The van der Waals surface area contributed by atoms with Crippen LogP contribution in [-0.4, -0.2) is 19.5 Å².